The van der Waals surface area contributed by atoms with Gasteiger partial charge in [0, 0.05) is 22.2 Å². The summed E-state index contributed by atoms with van der Waals surface area (Å²) in [6.45, 7) is 13.3. The largest absolute Gasteiger partial charge is 0.357 e. The van der Waals surface area contributed by atoms with Crippen LogP contribution in [0.25, 0.3) is 0 Å². The maximum Gasteiger partial charge on any atom is 0.0867 e. The molecule has 0 amide bonds. The first kappa shape index (κ1) is 13.9. The molecule has 1 aliphatic rings. The summed E-state index contributed by atoms with van der Waals surface area (Å²) in [7, 11) is 0. The molecule has 0 radical (unpaired) electrons. The SMILES string of the molecule is CC(C)(C)C1=CC(C(C)(C)C)=Nc2ccccc2N1. The number of rotatable bonds is 0. The van der Waals surface area contributed by atoms with Crippen LogP contribution in [0.4, 0.5) is 11.4 Å². The van der Waals surface area contributed by atoms with Gasteiger partial charge in [-0.05, 0) is 18.2 Å². The van der Waals surface area contributed by atoms with Gasteiger partial charge < -0.3 is 5.32 Å². The number of para-hydroxylation sites is 2. The third-order valence-electron chi connectivity index (χ3n) is 3.27. The molecule has 0 bridgehead atoms. The molecule has 0 spiro atoms. The van der Waals surface area contributed by atoms with E-state index in [4.69, 9.17) is 4.99 Å². The van der Waals surface area contributed by atoms with Gasteiger partial charge in [-0.25, -0.2) is 0 Å². The Morgan fingerprint density at radius 3 is 2.11 bits per heavy atom. The number of benzene rings is 1. The first-order valence-electron chi connectivity index (χ1n) is 6.85. The van der Waals surface area contributed by atoms with Crippen LogP contribution in [-0.2, 0) is 0 Å². The lowest BCUT2D eigenvalue weighted by Crippen LogP contribution is -2.22. The standard InChI is InChI=1S/C17H24N2/c1-16(2,3)14-11-15(17(4,5)6)19-13-10-8-7-9-12(13)18-14/h7-11,18H,1-6H3. The van der Waals surface area contributed by atoms with Crippen LogP contribution in [0.15, 0.2) is 41.0 Å². The van der Waals surface area contributed by atoms with E-state index < -0.39 is 0 Å². The first-order valence-corrected chi connectivity index (χ1v) is 6.85. The normalized spacial score (nSPS) is 15.9. The van der Waals surface area contributed by atoms with Gasteiger partial charge in [-0.2, -0.15) is 0 Å². The van der Waals surface area contributed by atoms with Gasteiger partial charge in [0.15, 0.2) is 0 Å². The van der Waals surface area contributed by atoms with Crippen molar-refractivity contribution >= 4 is 17.1 Å². The fourth-order valence-electron chi connectivity index (χ4n) is 1.94. The van der Waals surface area contributed by atoms with Crippen molar-refractivity contribution in [3.63, 3.8) is 0 Å². The van der Waals surface area contributed by atoms with E-state index in [9.17, 15) is 0 Å². The molecule has 1 N–H and O–H groups in total. The molecule has 0 aromatic heterocycles. The second-order valence-corrected chi connectivity index (χ2v) is 7.20. The molecule has 2 nitrogen and oxygen atoms in total. The lowest BCUT2D eigenvalue weighted by atomic mass is 9.85. The Morgan fingerprint density at radius 1 is 0.895 bits per heavy atom. The van der Waals surface area contributed by atoms with E-state index in [-0.39, 0.29) is 10.8 Å². The number of hydrogen-bond donors (Lipinski definition) is 1. The van der Waals surface area contributed by atoms with Crippen molar-refractivity contribution in [2.45, 2.75) is 41.5 Å². The lowest BCUT2D eigenvalue weighted by molar-refractivity contribution is 0.507. The Bertz CT molecular complexity index is 537. The van der Waals surface area contributed by atoms with E-state index in [1.807, 2.05) is 12.1 Å². The zero-order valence-electron chi connectivity index (χ0n) is 12.8. The van der Waals surface area contributed by atoms with Gasteiger partial charge in [0.25, 0.3) is 0 Å². The number of hydrogen-bond acceptors (Lipinski definition) is 2. The third kappa shape index (κ3) is 3.06. The number of aliphatic imine (C=N–C) groups is 1. The molecule has 19 heavy (non-hydrogen) atoms. The summed E-state index contributed by atoms with van der Waals surface area (Å²) in [6.07, 6.45) is 2.21. The summed E-state index contributed by atoms with van der Waals surface area (Å²) in [5.41, 5.74) is 4.55. The monoisotopic (exact) mass is 256 g/mol. The second kappa shape index (κ2) is 4.52. The Labute approximate surface area is 116 Å². The summed E-state index contributed by atoms with van der Waals surface area (Å²) in [5.74, 6) is 0. The number of nitrogens with one attached hydrogen (secondary N) is 1. The number of fused-ring (bicyclic) bond motifs is 1. The van der Waals surface area contributed by atoms with Crippen LogP contribution in [-0.4, -0.2) is 5.71 Å². The molecule has 0 aliphatic carbocycles. The zero-order chi connectivity index (χ0) is 14.3. The molecule has 1 heterocycles. The van der Waals surface area contributed by atoms with Gasteiger partial charge >= 0.3 is 0 Å². The summed E-state index contributed by atoms with van der Waals surface area (Å²) in [4.78, 5) is 4.85. The Hall–Kier alpha value is -1.57. The van der Waals surface area contributed by atoms with Crippen molar-refractivity contribution < 1.29 is 0 Å². The van der Waals surface area contributed by atoms with Gasteiger partial charge in [0.1, 0.15) is 0 Å². The molecule has 0 saturated heterocycles. The number of nitrogens with zero attached hydrogens (tertiary/aromatic N) is 1. The molecule has 0 atom stereocenters. The van der Waals surface area contributed by atoms with Crippen molar-refractivity contribution in [3.8, 4) is 0 Å². The highest BCUT2D eigenvalue weighted by Gasteiger charge is 2.25. The lowest BCUT2D eigenvalue weighted by Gasteiger charge is -2.25. The van der Waals surface area contributed by atoms with Gasteiger partial charge in [-0.1, -0.05) is 53.7 Å². The highest BCUT2D eigenvalue weighted by molar-refractivity contribution is 6.03. The highest BCUT2D eigenvalue weighted by atomic mass is 15.0. The van der Waals surface area contributed by atoms with E-state index >= 15 is 0 Å². The fourth-order valence-corrected chi connectivity index (χ4v) is 1.94. The summed E-state index contributed by atoms with van der Waals surface area (Å²) >= 11 is 0. The zero-order valence-corrected chi connectivity index (χ0v) is 12.8. The molecule has 1 aromatic carbocycles. The predicted octanol–water partition coefficient (Wildman–Crippen LogP) is 5.16. The minimum absolute atomic E-state index is 0.0373. The first-order chi connectivity index (χ1) is 8.68. The molecule has 1 aromatic rings. The van der Waals surface area contributed by atoms with Gasteiger partial charge in [0.2, 0.25) is 0 Å². The van der Waals surface area contributed by atoms with E-state index in [1.54, 1.807) is 0 Å². The minimum atomic E-state index is 0.0373. The van der Waals surface area contributed by atoms with Crippen LogP contribution in [0.2, 0.25) is 0 Å². The van der Waals surface area contributed by atoms with Gasteiger partial charge in [0.05, 0.1) is 11.4 Å². The molecule has 1 aliphatic heterocycles. The quantitative estimate of drug-likeness (QED) is 0.681. The maximum atomic E-state index is 4.85. The van der Waals surface area contributed by atoms with E-state index in [0.717, 1.165) is 17.1 Å². The molecule has 2 heteroatoms. The molecular weight excluding hydrogens is 232 g/mol. The van der Waals surface area contributed by atoms with E-state index in [1.165, 1.54) is 5.70 Å². The van der Waals surface area contributed by atoms with Gasteiger partial charge in [-0.3, -0.25) is 4.99 Å². The van der Waals surface area contributed by atoms with Crippen LogP contribution in [0, 0.1) is 10.8 Å². The van der Waals surface area contributed by atoms with E-state index in [0.29, 0.717) is 0 Å². The summed E-state index contributed by atoms with van der Waals surface area (Å²) in [5, 5.41) is 3.55. The smallest absolute Gasteiger partial charge is 0.0867 e. The molecule has 0 unspecified atom stereocenters. The van der Waals surface area contributed by atoms with Crippen LogP contribution < -0.4 is 5.32 Å². The molecule has 102 valence electrons. The summed E-state index contributed by atoms with van der Waals surface area (Å²) < 4.78 is 0. The third-order valence-corrected chi connectivity index (χ3v) is 3.27. The van der Waals surface area contributed by atoms with Crippen molar-refractivity contribution in [1.82, 2.24) is 0 Å². The second-order valence-electron chi connectivity index (χ2n) is 7.20. The van der Waals surface area contributed by atoms with Crippen molar-refractivity contribution in [3.05, 3.63) is 36.0 Å². The van der Waals surface area contributed by atoms with Crippen molar-refractivity contribution in [1.29, 1.82) is 0 Å². The van der Waals surface area contributed by atoms with Crippen molar-refractivity contribution in [2.24, 2.45) is 15.8 Å². The highest BCUT2D eigenvalue weighted by Crippen LogP contribution is 2.36. The van der Waals surface area contributed by atoms with Gasteiger partial charge in [-0.15, -0.1) is 0 Å². The molecule has 0 saturated carbocycles. The minimum Gasteiger partial charge on any atom is -0.357 e. The molecule has 0 fully saturated rings. The van der Waals surface area contributed by atoms with Crippen LogP contribution >= 0.6 is 0 Å². The van der Waals surface area contributed by atoms with Crippen LogP contribution in [0.1, 0.15) is 41.5 Å². The predicted molar refractivity (Wildman–Crippen MR) is 84.2 cm³/mol. The van der Waals surface area contributed by atoms with E-state index in [2.05, 4.69) is 65.1 Å². The Balaban J connectivity index is 2.60. The Kier molecular flexibility index (Phi) is 3.29. The number of allylic oxidation sites excluding steroid dienone is 2. The van der Waals surface area contributed by atoms with Crippen LogP contribution in [0.5, 0.6) is 0 Å². The Morgan fingerprint density at radius 2 is 1.53 bits per heavy atom. The average Bonchev–Trinajstić information content (AvgIpc) is 2.46. The fraction of sp³-hybridized carbons (Fsp3) is 0.471. The topological polar surface area (TPSA) is 24.4 Å². The number of anilines is 1. The van der Waals surface area contributed by atoms with Crippen molar-refractivity contribution in [2.75, 3.05) is 5.32 Å². The summed E-state index contributed by atoms with van der Waals surface area (Å²) in [6, 6.07) is 8.23. The maximum absolute atomic E-state index is 4.85. The van der Waals surface area contributed by atoms with Crippen LogP contribution in [0.3, 0.4) is 0 Å². The molecular formula is C17H24N2. The average molecular weight is 256 g/mol. The molecule has 2 rings (SSSR count).